The molecule has 1 heterocycles. The number of likely N-dealkylation sites (N-methyl/N-ethyl adjacent to an activating group) is 1. The molecule has 1 amide bonds. The van der Waals surface area contributed by atoms with Crippen molar-refractivity contribution < 1.29 is 18.0 Å². The first-order valence-electron chi connectivity index (χ1n) is 5.50. The van der Waals surface area contributed by atoms with Crippen molar-refractivity contribution in [1.29, 1.82) is 0 Å². The van der Waals surface area contributed by atoms with Gasteiger partial charge in [0.05, 0.1) is 12.5 Å². The molecule has 1 saturated heterocycles. The van der Waals surface area contributed by atoms with Crippen LogP contribution in [0.3, 0.4) is 0 Å². The number of halogens is 3. The van der Waals surface area contributed by atoms with Gasteiger partial charge in [-0.05, 0) is 19.4 Å². The standard InChI is InChI=1S/C10H17F3N2O/c1-2-14-6-9(16)15-5-3-4-8(7-15)10(11,12)13/h8,14H,2-7H2,1H3. The summed E-state index contributed by atoms with van der Waals surface area (Å²) in [6.45, 7) is 2.87. The molecule has 0 aromatic rings. The van der Waals surface area contributed by atoms with E-state index < -0.39 is 12.1 Å². The van der Waals surface area contributed by atoms with Gasteiger partial charge in [0.2, 0.25) is 5.91 Å². The first-order valence-corrected chi connectivity index (χ1v) is 5.50. The summed E-state index contributed by atoms with van der Waals surface area (Å²) >= 11 is 0. The van der Waals surface area contributed by atoms with E-state index in [0.29, 0.717) is 19.5 Å². The number of hydrogen-bond acceptors (Lipinski definition) is 2. The van der Waals surface area contributed by atoms with E-state index >= 15 is 0 Å². The number of hydrogen-bond donors (Lipinski definition) is 1. The van der Waals surface area contributed by atoms with Crippen LogP contribution in [0.1, 0.15) is 19.8 Å². The Kier molecular flexibility index (Phi) is 4.58. The number of amides is 1. The molecule has 1 aliphatic heterocycles. The average molecular weight is 238 g/mol. The van der Waals surface area contributed by atoms with Gasteiger partial charge in [-0.15, -0.1) is 0 Å². The molecular weight excluding hydrogens is 221 g/mol. The van der Waals surface area contributed by atoms with Crippen molar-refractivity contribution in [2.45, 2.75) is 25.9 Å². The number of alkyl halides is 3. The Morgan fingerprint density at radius 1 is 1.50 bits per heavy atom. The van der Waals surface area contributed by atoms with Gasteiger partial charge >= 0.3 is 6.18 Å². The number of carbonyl (C=O) groups excluding carboxylic acids is 1. The fraction of sp³-hybridized carbons (Fsp3) is 0.900. The molecule has 0 aromatic heterocycles. The van der Waals surface area contributed by atoms with Crippen molar-refractivity contribution in [3.05, 3.63) is 0 Å². The van der Waals surface area contributed by atoms with Gasteiger partial charge in [-0.2, -0.15) is 13.2 Å². The largest absolute Gasteiger partial charge is 0.393 e. The Morgan fingerprint density at radius 2 is 2.19 bits per heavy atom. The van der Waals surface area contributed by atoms with Crippen LogP contribution in [-0.2, 0) is 4.79 Å². The van der Waals surface area contributed by atoms with Gasteiger partial charge in [0.25, 0.3) is 0 Å². The highest BCUT2D eigenvalue weighted by Crippen LogP contribution is 2.32. The van der Waals surface area contributed by atoms with E-state index in [-0.39, 0.29) is 25.4 Å². The molecule has 1 fully saturated rings. The molecule has 0 bridgehead atoms. The molecule has 94 valence electrons. The van der Waals surface area contributed by atoms with Gasteiger partial charge in [-0.3, -0.25) is 4.79 Å². The first-order chi connectivity index (χ1) is 7.45. The van der Waals surface area contributed by atoms with Crippen LogP contribution in [-0.4, -0.2) is 43.2 Å². The maximum Gasteiger partial charge on any atom is 0.393 e. The van der Waals surface area contributed by atoms with E-state index in [4.69, 9.17) is 0 Å². The summed E-state index contributed by atoms with van der Waals surface area (Å²) in [6, 6.07) is 0. The lowest BCUT2D eigenvalue weighted by molar-refractivity contribution is -0.187. The Balaban J connectivity index is 2.47. The molecule has 6 heteroatoms. The summed E-state index contributed by atoms with van der Waals surface area (Å²) in [5, 5.41) is 2.83. The molecule has 0 radical (unpaired) electrons. The maximum absolute atomic E-state index is 12.5. The number of piperidine rings is 1. The maximum atomic E-state index is 12.5. The van der Waals surface area contributed by atoms with E-state index in [0.717, 1.165) is 0 Å². The molecule has 3 nitrogen and oxygen atoms in total. The van der Waals surface area contributed by atoms with Crippen LogP contribution in [0.15, 0.2) is 0 Å². The van der Waals surface area contributed by atoms with Crippen LogP contribution in [0, 0.1) is 5.92 Å². The third kappa shape index (κ3) is 3.66. The lowest BCUT2D eigenvalue weighted by Gasteiger charge is -2.33. The smallest absolute Gasteiger partial charge is 0.341 e. The minimum absolute atomic E-state index is 0.126. The van der Waals surface area contributed by atoms with Crippen LogP contribution < -0.4 is 5.32 Å². The van der Waals surface area contributed by atoms with E-state index in [1.165, 1.54) is 4.90 Å². The normalized spacial score (nSPS) is 22.2. The molecule has 1 unspecified atom stereocenters. The van der Waals surface area contributed by atoms with E-state index in [9.17, 15) is 18.0 Å². The fourth-order valence-electron chi connectivity index (χ4n) is 1.81. The quantitative estimate of drug-likeness (QED) is 0.806. The van der Waals surface area contributed by atoms with E-state index in [1.54, 1.807) is 0 Å². The fourth-order valence-corrected chi connectivity index (χ4v) is 1.81. The number of nitrogens with one attached hydrogen (secondary N) is 1. The molecule has 0 aromatic carbocycles. The van der Waals surface area contributed by atoms with Crippen LogP contribution in [0.25, 0.3) is 0 Å². The topological polar surface area (TPSA) is 32.3 Å². The van der Waals surface area contributed by atoms with Crippen LogP contribution in [0.4, 0.5) is 13.2 Å². The number of rotatable bonds is 3. The predicted molar refractivity (Wildman–Crippen MR) is 53.9 cm³/mol. The Labute approximate surface area is 93.0 Å². The zero-order valence-electron chi connectivity index (χ0n) is 9.31. The Hall–Kier alpha value is -0.780. The van der Waals surface area contributed by atoms with Crippen molar-refractivity contribution in [2.75, 3.05) is 26.2 Å². The highest BCUT2D eigenvalue weighted by atomic mass is 19.4. The summed E-state index contributed by atoms with van der Waals surface area (Å²) in [4.78, 5) is 12.8. The molecule has 0 spiro atoms. The highest BCUT2D eigenvalue weighted by Gasteiger charge is 2.42. The molecule has 16 heavy (non-hydrogen) atoms. The molecule has 0 aliphatic carbocycles. The second kappa shape index (κ2) is 5.52. The number of likely N-dealkylation sites (tertiary alicyclic amines) is 1. The summed E-state index contributed by atoms with van der Waals surface area (Å²) < 4.78 is 37.4. The second-order valence-electron chi connectivity index (χ2n) is 4.00. The van der Waals surface area contributed by atoms with Crippen molar-refractivity contribution in [3.63, 3.8) is 0 Å². The lowest BCUT2D eigenvalue weighted by Crippen LogP contribution is -2.47. The van der Waals surface area contributed by atoms with Gasteiger partial charge in [-0.1, -0.05) is 6.92 Å². The SMILES string of the molecule is CCNCC(=O)N1CCCC(C(F)(F)F)C1. The highest BCUT2D eigenvalue weighted by molar-refractivity contribution is 5.78. The van der Waals surface area contributed by atoms with E-state index in [1.807, 2.05) is 6.92 Å². The Morgan fingerprint density at radius 3 is 2.75 bits per heavy atom. The molecule has 1 rings (SSSR count). The van der Waals surface area contributed by atoms with Gasteiger partial charge in [-0.25, -0.2) is 0 Å². The average Bonchev–Trinajstić information content (AvgIpc) is 2.25. The van der Waals surface area contributed by atoms with Crippen LogP contribution in [0.5, 0.6) is 0 Å². The third-order valence-electron chi connectivity index (χ3n) is 2.76. The van der Waals surface area contributed by atoms with Crippen molar-refractivity contribution in [2.24, 2.45) is 5.92 Å². The monoisotopic (exact) mass is 238 g/mol. The zero-order valence-corrected chi connectivity index (χ0v) is 9.31. The summed E-state index contributed by atoms with van der Waals surface area (Å²) in [7, 11) is 0. The van der Waals surface area contributed by atoms with Crippen LogP contribution in [0.2, 0.25) is 0 Å². The predicted octanol–water partition coefficient (Wildman–Crippen LogP) is 1.40. The van der Waals surface area contributed by atoms with Gasteiger partial charge in [0.15, 0.2) is 0 Å². The van der Waals surface area contributed by atoms with E-state index in [2.05, 4.69) is 5.32 Å². The van der Waals surface area contributed by atoms with Crippen molar-refractivity contribution >= 4 is 5.91 Å². The molecule has 0 saturated carbocycles. The molecule has 1 atom stereocenters. The first kappa shape index (κ1) is 13.3. The second-order valence-corrected chi connectivity index (χ2v) is 4.00. The molecular formula is C10H17F3N2O. The molecule has 1 N–H and O–H groups in total. The van der Waals surface area contributed by atoms with Gasteiger partial charge in [0, 0.05) is 13.1 Å². The van der Waals surface area contributed by atoms with Gasteiger partial charge < -0.3 is 10.2 Å². The van der Waals surface area contributed by atoms with Crippen LogP contribution >= 0.6 is 0 Å². The van der Waals surface area contributed by atoms with Crippen molar-refractivity contribution in [1.82, 2.24) is 10.2 Å². The number of nitrogens with zero attached hydrogens (tertiary/aromatic N) is 1. The summed E-state index contributed by atoms with van der Waals surface area (Å²) in [5.41, 5.74) is 0. The Bertz CT molecular complexity index is 243. The minimum atomic E-state index is -4.18. The summed E-state index contributed by atoms with van der Waals surface area (Å²) in [6.07, 6.45) is -3.62. The minimum Gasteiger partial charge on any atom is -0.341 e. The molecule has 1 aliphatic rings. The van der Waals surface area contributed by atoms with Gasteiger partial charge in [0.1, 0.15) is 0 Å². The lowest BCUT2D eigenvalue weighted by atomic mass is 9.97. The zero-order chi connectivity index (χ0) is 12.2. The third-order valence-corrected chi connectivity index (χ3v) is 2.76. The number of carbonyl (C=O) groups is 1. The van der Waals surface area contributed by atoms with Crippen molar-refractivity contribution in [3.8, 4) is 0 Å². The summed E-state index contributed by atoms with van der Waals surface area (Å²) in [5.74, 6) is -1.59.